The van der Waals surface area contributed by atoms with Crippen LogP contribution in [-0.4, -0.2) is 6.36 Å². The van der Waals surface area contributed by atoms with E-state index in [0.717, 1.165) is 24.3 Å². The van der Waals surface area contributed by atoms with Gasteiger partial charge in [0.05, 0.1) is 5.56 Å². The average molecular weight is 321 g/mol. The molecular formula is C14H9F6NO. The molecule has 2 aromatic rings. The number of ether oxygens (including phenoxy) is 1. The molecule has 0 saturated heterocycles. The predicted octanol–water partition coefficient (Wildman–Crippen LogP) is 4.85. The van der Waals surface area contributed by atoms with Gasteiger partial charge in [0.25, 0.3) is 0 Å². The van der Waals surface area contributed by atoms with Crippen LogP contribution in [0, 0.1) is 0 Å². The Morgan fingerprint density at radius 1 is 0.864 bits per heavy atom. The number of halogens is 6. The number of rotatable bonds is 2. The Kier molecular flexibility index (Phi) is 3.95. The van der Waals surface area contributed by atoms with E-state index < -0.39 is 23.9 Å². The van der Waals surface area contributed by atoms with Gasteiger partial charge in [-0.15, -0.1) is 13.2 Å². The minimum Gasteiger partial charge on any atom is -0.406 e. The highest BCUT2D eigenvalue weighted by molar-refractivity contribution is 5.71. The minimum absolute atomic E-state index is 0.0610. The van der Waals surface area contributed by atoms with Crippen molar-refractivity contribution in [1.29, 1.82) is 0 Å². The summed E-state index contributed by atoms with van der Waals surface area (Å²) < 4.78 is 79.3. The molecule has 22 heavy (non-hydrogen) atoms. The van der Waals surface area contributed by atoms with Crippen molar-refractivity contribution < 1.29 is 31.1 Å². The van der Waals surface area contributed by atoms with Crippen molar-refractivity contribution in [2.24, 2.45) is 0 Å². The number of hydrogen-bond donors (Lipinski definition) is 1. The molecule has 0 unspecified atom stereocenters. The summed E-state index contributed by atoms with van der Waals surface area (Å²) in [6, 6.07) is 7.38. The zero-order valence-electron chi connectivity index (χ0n) is 10.8. The number of nitrogen functional groups attached to an aromatic ring is 1. The Morgan fingerprint density at radius 3 is 2.14 bits per heavy atom. The van der Waals surface area contributed by atoms with Gasteiger partial charge in [0.2, 0.25) is 0 Å². The highest BCUT2D eigenvalue weighted by Gasteiger charge is 2.34. The van der Waals surface area contributed by atoms with Crippen molar-refractivity contribution in [3.63, 3.8) is 0 Å². The van der Waals surface area contributed by atoms with Crippen LogP contribution in [0.5, 0.6) is 5.75 Å². The Labute approximate surface area is 121 Å². The summed E-state index contributed by atoms with van der Waals surface area (Å²) in [5.74, 6) is -0.602. The highest BCUT2D eigenvalue weighted by atomic mass is 19.4. The normalized spacial score (nSPS) is 12.3. The van der Waals surface area contributed by atoms with Gasteiger partial charge >= 0.3 is 12.5 Å². The van der Waals surface area contributed by atoms with Crippen LogP contribution in [0.15, 0.2) is 42.5 Å². The zero-order chi connectivity index (χ0) is 16.5. The first-order valence-electron chi connectivity index (χ1n) is 5.89. The fraction of sp³-hybridized carbons (Fsp3) is 0.143. The van der Waals surface area contributed by atoms with Crippen LogP contribution in [0.2, 0.25) is 0 Å². The fourth-order valence-electron chi connectivity index (χ4n) is 1.91. The molecule has 8 heteroatoms. The molecule has 2 nitrogen and oxygen atoms in total. The van der Waals surface area contributed by atoms with Gasteiger partial charge in [-0.1, -0.05) is 18.2 Å². The van der Waals surface area contributed by atoms with E-state index >= 15 is 0 Å². The third-order valence-electron chi connectivity index (χ3n) is 2.73. The van der Waals surface area contributed by atoms with E-state index in [9.17, 15) is 26.3 Å². The lowest BCUT2D eigenvalue weighted by Gasteiger charge is -2.15. The molecule has 0 spiro atoms. The predicted molar refractivity (Wildman–Crippen MR) is 68.0 cm³/mol. The van der Waals surface area contributed by atoms with E-state index in [4.69, 9.17) is 5.73 Å². The van der Waals surface area contributed by atoms with E-state index in [1.807, 2.05) is 0 Å². The minimum atomic E-state index is -4.92. The molecule has 2 rings (SSSR count). The van der Waals surface area contributed by atoms with Crippen LogP contribution in [0.3, 0.4) is 0 Å². The highest BCUT2D eigenvalue weighted by Crippen LogP contribution is 2.39. The lowest BCUT2D eigenvalue weighted by Crippen LogP contribution is -2.17. The second-order valence-electron chi connectivity index (χ2n) is 4.38. The summed E-state index contributed by atoms with van der Waals surface area (Å²) in [4.78, 5) is 0. The quantitative estimate of drug-likeness (QED) is 0.634. The first-order valence-corrected chi connectivity index (χ1v) is 5.89. The number of anilines is 1. The van der Waals surface area contributed by atoms with Crippen LogP contribution in [-0.2, 0) is 6.18 Å². The van der Waals surface area contributed by atoms with Gasteiger partial charge in [-0.2, -0.15) is 13.2 Å². The molecule has 0 atom stereocenters. The second-order valence-corrected chi connectivity index (χ2v) is 4.38. The molecule has 0 aliphatic rings. The summed E-state index contributed by atoms with van der Waals surface area (Å²) in [7, 11) is 0. The molecule has 0 aromatic heterocycles. The smallest absolute Gasteiger partial charge is 0.406 e. The van der Waals surface area contributed by atoms with E-state index in [1.165, 1.54) is 18.2 Å². The standard InChI is InChI=1S/C14H9F6NO/c15-13(16,17)12-7-9(21)4-5-11(12)8-2-1-3-10(6-8)22-14(18,19)20/h1-7H,21H2. The third kappa shape index (κ3) is 3.84. The van der Waals surface area contributed by atoms with Gasteiger partial charge in [0.1, 0.15) is 5.75 Å². The van der Waals surface area contributed by atoms with Crippen LogP contribution >= 0.6 is 0 Å². The van der Waals surface area contributed by atoms with Crippen molar-refractivity contribution in [2.45, 2.75) is 12.5 Å². The molecule has 0 aliphatic heterocycles. The van der Waals surface area contributed by atoms with E-state index in [-0.39, 0.29) is 16.8 Å². The van der Waals surface area contributed by atoms with Crippen molar-refractivity contribution in [3.05, 3.63) is 48.0 Å². The maximum Gasteiger partial charge on any atom is 0.573 e. The number of alkyl halides is 6. The van der Waals surface area contributed by atoms with Gasteiger partial charge in [-0.3, -0.25) is 0 Å². The second kappa shape index (κ2) is 5.43. The zero-order valence-corrected chi connectivity index (χ0v) is 10.8. The molecule has 2 N–H and O–H groups in total. The Balaban J connectivity index is 2.51. The monoisotopic (exact) mass is 321 g/mol. The van der Waals surface area contributed by atoms with Crippen LogP contribution < -0.4 is 10.5 Å². The van der Waals surface area contributed by atoms with Gasteiger partial charge in [0.15, 0.2) is 0 Å². The summed E-state index contributed by atoms with van der Waals surface area (Å²) >= 11 is 0. The molecule has 2 aromatic carbocycles. The Hall–Kier alpha value is -2.38. The fourth-order valence-corrected chi connectivity index (χ4v) is 1.91. The van der Waals surface area contributed by atoms with Gasteiger partial charge in [-0.05, 0) is 35.4 Å². The molecule has 0 amide bonds. The lowest BCUT2D eigenvalue weighted by molar-refractivity contribution is -0.274. The summed E-state index contributed by atoms with van der Waals surface area (Å²) in [5.41, 5.74) is 3.87. The Bertz CT molecular complexity index is 678. The van der Waals surface area contributed by atoms with Crippen molar-refractivity contribution in [3.8, 4) is 16.9 Å². The molecular weight excluding hydrogens is 312 g/mol. The Morgan fingerprint density at radius 2 is 1.55 bits per heavy atom. The van der Waals surface area contributed by atoms with Gasteiger partial charge in [-0.25, -0.2) is 0 Å². The van der Waals surface area contributed by atoms with E-state index in [2.05, 4.69) is 4.74 Å². The van der Waals surface area contributed by atoms with Gasteiger partial charge in [0, 0.05) is 5.69 Å². The third-order valence-corrected chi connectivity index (χ3v) is 2.73. The maximum atomic E-state index is 13.0. The molecule has 118 valence electrons. The summed E-state index contributed by atoms with van der Waals surface area (Å²) in [6.07, 6.45) is -9.61. The van der Waals surface area contributed by atoms with Crippen LogP contribution in [0.25, 0.3) is 11.1 Å². The molecule has 0 bridgehead atoms. The first kappa shape index (κ1) is 16.0. The van der Waals surface area contributed by atoms with Gasteiger partial charge < -0.3 is 10.5 Å². The lowest BCUT2D eigenvalue weighted by atomic mass is 9.98. The SMILES string of the molecule is Nc1ccc(-c2cccc(OC(F)(F)F)c2)c(C(F)(F)F)c1. The van der Waals surface area contributed by atoms with Crippen LogP contribution in [0.1, 0.15) is 5.56 Å². The van der Waals surface area contributed by atoms with Crippen molar-refractivity contribution in [1.82, 2.24) is 0 Å². The maximum absolute atomic E-state index is 13.0. The van der Waals surface area contributed by atoms with Crippen LogP contribution in [0.4, 0.5) is 32.0 Å². The first-order chi connectivity index (χ1) is 10.1. The van der Waals surface area contributed by atoms with E-state index in [0.29, 0.717) is 0 Å². The molecule has 0 radical (unpaired) electrons. The molecule has 0 heterocycles. The number of benzene rings is 2. The molecule has 0 saturated carbocycles. The summed E-state index contributed by atoms with van der Waals surface area (Å²) in [5, 5.41) is 0. The van der Waals surface area contributed by atoms with Crippen molar-refractivity contribution in [2.75, 3.05) is 5.73 Å². The average Bonchev–Trinajstić information content (AvgIpc) is 2.36. The molecule has 0 fully saturated rings. The number of nitrogens with two attached hydrogens (primary N) is 1. The topological polar surface area (TPSA) is 35.2 Å². The van der Waals surface area contributed by atoms with Crippen molar-refractivity contribution >= 4 is 5.69 Å². The summed E-state index contributed by atoms with van der Waals surface area (Å²) in [6.45, 7) is 0. The van der Waals surface area contributed by atoms with E-state index in [1.54, 1.807) is 0 Å². The number of hydrogen-bond acceptors (Lipinski definition) is 2. The largest absolute Gasteiger partial charge is 0.573 e. The molecule has 0 aliphatic carbocycles.